The number of halogens is 1. The Morgan fingerprint density at radius 2 is 1.40 bits per heavy atom. The number of nitrogens with one attached hydrogen (secondary N) is 1. The predicted octanol–water partition coefficient (Wildman–Crippen LogP) is 4.00. The van der Waals surface area contributed by atoms with Crippen LogP contribution in [0.15, 0.2) is 24.3 Å². The smallest absolute Gasteiger partial charge is 0.146 e. The van der Waals surface area contributed by atoms with Crippen LogP contribution in [0.2, 0.25) is 5.02 Å². The lowest BCUT2D eigenvalue weighted by molar-refractivity contribution is 0.397. The van der Waals surface area contributed by atoms with Gasteiger partial charge in [-0.25, -0.2) is 0 Å². The summed E-state index contributed by atoms with van der Waals surface area (Å²) in [5, 5.41) is 2.58. The molecule has 0 bridgehead atoms. The van der Waals surface area contributed by atoms with E-state index in [0.29, 0.717) is 16.5 Å². The van der Waals surface area contributed by atoms with Gasteiger partial charge in [0.2, 0.25) is 0 Å². The molecule has 0 aliphatic carbocycles. The van der Waals surface area contributed by atoms with Crippen LogP contribution in [0.5, 0.6) is 17.2 Å². The molecule has 0 saturated heterocycles. The van der Waals surface area contributed by atoms with Gasteiger partial charge in [0.15, 0.2) is 0 Å². The van der Waals surface area contributed by atoms with Crippen molar-refractivity contribution in [3.63, 3.8) is 0 Å². The second-order valence-corrected chi connectivity index (χ2v) is 4.84. The molecule has 20 heavy (non-hydrogen) atoms. The number of methoxy groups -OCH3 is 3. The summed E-state index contributed by atoms with van der Waals surface area (Å²) >= 11 is 6.15. The van der Waals surface area contributed by atoms with Crippen LogP contribution in [0.25, 0.3) is 21.8 Å². The Morgan fingerprint density at radius 1 is 0.800 bits per heavy atom. The number of hydrogen-bond donors (Lipinski definition) is 1. The van der Waals surface area contributed by atoms with Crippen molar-refractivity contribution < 1.29 is 14.2 Å². The maximum Gasteiger partial charge on any atom is 0.146 e. The zero-order valence-electron chi connectivity index (χ0n) is 11.4. The van der Waals surface area contributed by atoms with Crippen molar-refractivity contribution in [1.82, 2.24) is 4.98 Å². The molecule has 1 aromatic heterocycles. The average molecular weight is 292 g/mol. The third-order valence-corrected chi connectivity index (χ3v) is 3.58. The maximum absolute atomic E-state index is 6.15. The molecule has 1 heterocycles. The number of H-pyrrole nitrogens is 1. The molecule has 2 aromatic carbocycles. The summed E-state index contributed by atoms with van der Waals surface area (Å²) in [6.07, 6.45) is 0. The summed E-state index contributed by atoms with van der Waals surface area (Å²) in [5.74, 6) is 2.15. The van der Waals surface area contributed by atoms with E-state index in [2.05, 4.69) is 4.98 Å². The van der Waals surface area contributed by atoms with Gasteiger partial charge in [-0.3, -0.25) is 0 Å². The van der Waals surface area contributed by atoms with Crippen molar-refractivity contribution in [3.05, 3.63) is 29.3 Å². The molecule has 0 atom stereocenters. The molecule has 1 N–H and O–H groups in total. The van der Waals surface area contributed by atoms with Crippen LogP contribution < -0.4 is 14.2 Å². The summed E-state index contributed by atoms with van der Waals surface area (Å²) in [7, 11) is 4.88. The first kappa shape index (κ1) is 12.9. The minimum Gasteiger partial charge on any atom is -0.497 e. The van der Waals surface area contributed by atoms with Crippen LogP contribution in [-0.2, 0) is 0 Å². The maximum atomic E-state index is 6.15. The van der Waals surface area contributed by atoms with Gasteiger partial charge in [0, 0.05) is 27.9 Å². The Labute approximate surface area is 121 Å². The summed E-state index contributed by atoms with van der Waals surface area (Å²) in [6, 6.07) is 7.47. The lowest BCUT2D eigenvalue weighted by Crippen LogP contribution is -1.87. The van der Waals surface area contributed by atoms with Gasteiger partial charge in [-0.1, -0.05) is 11.6 Å². The van der Waals surface area contributed by atoms with Gasteiger partial charge in [0.25, 0.3) is 0 Å². The number of aromatic nitrogens is 1. The van der Waals surface area contributed by atoms with Gasteiger partial charge in [-0.05, 0) is 12.1 Å². The van der Waals surface area contributed by atoms with Gasteiger partial charge in [0.1, 0.15) is 17.2 Å². The van der Waals surface area contributed by atoms with Crippen molar-refractivity contribution in [2.45, 2.75) is 0 Å². The monoisotopic (exact) mass is 291 g/mol. The Hall–Kier alpha value is -2.07. The SMILES string of the molecule is COc1cc(OC)c2[nH]c3c(OC)cc(Cl)cc3c2c1. The first-order chi connectivity index (χ1) is 9.67. The topological polar surface area (TPSA) is 43.5 Å². The molecule has 0 aliphatic rings. The lowest BCUT2D eigenvalue weighted by atomic mass is 10.1. The summed E-state index contributed by atoms with van der Waals surface area (Å²) in [6.45, 7) is 0. The second-order valence-electron chi connectivity index (χ2n) is 4.41. The van der Waals surface area contributed by atoms with Crippen LogP contribution in [0, 0.1) is 0 Å². The normalized spacial score (nSPS) is 11.0. The van der Waals surface area contributed by atoms with E-state index in [4.69, 9.17) is 25.8 Å². The molecular weight excluding hydrogens is 278 g/mol. The van der Waals surface area contributed by atoms with Gasteiger partial charge < -0.3 is 19.2 Å². The number of benzene rings is 2. The highest BCUT2D eigenvalue weighted by Gasteiger charge is 2.14. The van der Waals surface area contributed by atoms with Gasteiger partial charge >= 0.3 is 0 Å². The van der Waals surface area contributed by atoms with Crippen molar-refractivity contribution in [2.24, 2.45) is 0 Å². The number of fused-ring (bicyclic) bond motifs is 3. The molecule has 5 heteroatoms. The Balaban J connectivity index is 2.48. The highest BCUT2D eigenvalue weighted by molar-refractivity contribution is 6.32. The molecule has 4 nitrogen and oxygen atoms in total. The minimum atomic E-state index is 0.622. The van der Waals surface area contributed by atoms with E-state index < -0.39 is 0 Å². The molecule has 0 spiro atoms. The molecule has 104 valence electrons. The molecule has 3 aromatic rings. The summed E-state index contributed by atoms with van der Waals surface area (Å²) in [5.41, 5.74) is 1.78. The Morgan fingerprint density at radius 3 is 2.00 bits per heavy atom. The van der Waals surface area contributed by atoms with E-state index in [1.165, 1.54) is 0 Å². The summed E-state index contributed by atoms with van der Waals surface area (Å²) in [4.78, 5) is 3.33. The van der Waals surface area contributed by atoms with Crippen molar-refractivity contribution in [1.29, 1.82) is 0 Å². The van der Waals surface area contributed by atoms with Gasteiger partial charge in [0.05, 0.1) is 32.4 Å². The van der Waals surface area contributed by atoms with Crippen molar-refractivity contribution >= 4 is 33.4 Å². The standard InChI is InChI=1S/C15H14ClNO3/c1-18-9-6-11-10-4-8(16)5-12(19-2)14(10)17-15(11)13(7-9)20-3/h4-7,17H,1-3H3. The van der Waals surface area contributed by atoms with Crippen LogP contribution in [-0.4, -0.2) is 26.3 Å². The first-order valence-electron chi connectivity index (χ1n) is 6.09. The van der Waals surface area contributed by atoms with Gasteiger partial charge in [-0.2, -0.15) is 0 Å². The van der Waals surface area contributed by atoms with E-state index in [0.717, 1.165) is 27.6 Å². The largest absolute Gasteiger partial charge is 0.497 e. The van der Waals surface area contributed by atoms with E-state index in [1.807, 2.05) is 18.2 Å². The predicted molar refractivity (Wildman–Crippen MR) is 80.5 cm³/mol. The third kappa shape index (κ3) is 1.84. The molecule has 0 amide bonds. The lowest BCUT2D eigenvalue weighted by Gasteiger charge is -2.05. The fourth-order valence-electron chi connectivity index (χ4n) is 2.42. The average Bonchev–Trinajstić information content (AvgIpc) is 2.83. The fraction of sp³-hybridized carbons (Fsp3) is 0.200. The van der Waals surface area contributed by atoms with Crippen LogP contribution in [0.3, 0.4) is 0 Å². The number of aromatic amines is 1. The van der Waals surface area contributed by atoms with Crippen LogP contribution in [0.4, 0.5) is 0 Å². The van der Waals surface area contributed by atoms with E-state index in [-0.39, 0.29) is 0 Å². The zero-order chi connectivity index (χ0) is 14.3. The van der Waals surface area contributed by atoms with Crippen molar-refractivity contribution in [3.8, 4) is 17.2 Å². The first-order valence-corrected chi connectivity index (χ1v) is 6.46. The minimum absolute atomic E-state index is 0.622. The van der Waals surface area contributed by atoms with Crippen LogP contribution >= 0.6 is 11.6 Å². The van der Waals surface area contributed by atoms with Crippen molar-refractivity contribution in [2.75, 3.05) is 21.3 Å². The molecule has 3 rings (SSSR count). The number of hydrogen-bond acceptors (Lipinski definition) is 3. The van der Waals surface area contributed by atoms with E-state index in [1.54, 1.807) is 27.4 Å². The van der Waals surface area contributed by atoms with E-state index in [9.17, 15) is 0 Å². The zero-order valence-corrected chi connectivity index (χ0v) is 12.2. The molecular formula is C15H14ClNO3. The molecule has 0 unspecified atom stereocenters. The Bertz CT molecular complexity index is 795. The van der Waals surface area contributed by atoms with Crippen LogP contribution in [0.1, 0.15) is 0 Å². The molecule has 0 radical (unpaired) electrons. The second kappa shape index (κ2) is 4.80. The fourth-order valence-corrected chi connectivity index (χ4v) is 2.63. The number of rotatable bonds is 3. The highest BCUT2D eigenvalue weighted by atomic mass is 35.5. The third-order valence-electron chi connectivity index (χ3n) is 3.36. The molecule has 0 fully saturated rings. The highest BCUT2D eigenvalue weighted by Crippen LogP contribution is 2.39. The quantitative estimate of drug-likeness (QED) is 0.793. The van der Waals surface area contributed by atoms with E-state index >= 15 is 0 Å². The number of ether oxygens (including phenoxy) is 3. The molecule has 0 aliphatic heterocycles. The Kier molecular flexibility index (Phi) is 3.10. The summed E-state index contributed by atoms with van der Waals surface area (Å²) < 4.78 is 16.1. The molecule has 0 saturated carbocycles. The van der Waals surface area contributed by atoms with Gasteiger partial charge in [-0.15, -0.1) is 0 Å².